The molecule has 0 aliphatic heterocycles. The Bertz CT molecular complexity index is 665. The van der Waals surface area contributed by atoms with Gasteiger partial charge in [-0.05, 0) is 29.3 Å². The summed E-state index contributed by atoms with van der Waals surface area (Å²) >= 11 is 0. The minimum atomic E-state index is -3.98. The van der Waals surface area contributed by atoms with E-state index in [9.17, 15) is 9.36 Å². The number of benzene rings is 2. The first kappa shape index (κ1) is 14.7. The fourth-order valence-corrected chi connectivity index (χ4v) is 2.49. The molecule has 3 N–H and O–H groups in total. The Morgan fingerprint density at radius 3 is 2.50 bits per heavy atom. The largest absolute Gasteiger partial charge is 0.352 e. The number of carbonyl (C=O) groups excluding carboxylic acids is 1. The molecular weight excluding hydrogens is 277 g/mol. The third kappa shape index (κ3) is 4.17. The van der Waals surface area contributed by atoms with Crippen molar-refractivity contribution < 1.29 is 19.1 Å². The maximum atomic E-state index is 11.9. The van der Waals surface area contributed by atoms with Crippen LogP contribution in [0.1, 0.15) is 16.8 Å². The molecule has 2 rings (SSSR count). The van der Waals surface area contributed by atoms with Crippen molar-refractivity contribution in [3.05, 3.63) is 48.0 Å². The summed E-state index contributed by atoms with van der Waals surface area (Å²) in [6.07, 6.45) is 0.0363. The zero-order chi connectivity index (χ0) is 14.6. The predicted octanol–water partition coefficient (Wildman–Crippen LogP) is 2.14. The van der Waals surface area contributed by atoms with Gasteiger partial charge < -0.3 is 15.1 Å². The van der Waals surface area contributed by atoms with Crippen LogP contribution >= 0.6 is 7.60 Å². The highest BCUT2D eigenvalue weighted by atomic mass is 31.2. The minimum Gasteiger partial charge on any atom is -0.352 e. The normalized spacial score (nSPS) is 11.5. The Hall–Kier alpha value is -1.68. The van der Waals surface area contributed by atoms with E-state index in [1.807, 2.05) is 30.3 Å². The van der Waals surface area contributed by atoms with E-state index in [0.717, 1.165) is 10.8 Å². The summed E-state index contributed by atoms with van der Waals surface area (Å²) in [7, 11) is -3.98. The van der Waals surface area contributed by atoms with E-state index < -0.39 is 7.60 Å². The van der Waals surface area contributed by atoms with E-state index in [1.54, 1.807) is 12.1 Å². The Balaban J connectivity index is 1.96. The first-order chi connectivity index (χ1) is 9.46. The van der Waals surface area contributed by atoms with Crippen molar-refractivity contribution in [3.8, 4) is 0 Å². The summed E-state index contributed by atoms with van der Waals surface area (Å²) < 4.78 is 10.7. The van der Waals surface area contributed by atoms with Gasteiger partial charge in [-0.2, -0.15) is 0 Å². The van der Waals surface area contributed by atoms with Crippen LogP contribution in [0.5, 0.6) is 0 Å². The SMILES string of the molecule is O=C(NCCCP(=O)(O)O)c1ccc2ccccc2c1. The van der Waals surface area contributed by atoms with Gasteiger partial charge in [0.1, 0.15) is 0 Å². The third-order valence-electron chi connectivity index (χ3n) is 2.92. The average Bonchev–Trinajstić information content (AvgIpc) is 2.42. The summed E-state index contributed by atoms with van der Waals surface area (Å²) in [6.45, 7) is 0.247. The Morgan fingerprint density at radius 1 is 1.10 bits per heavy atom. The van der Waals surface area contributed by atoms with Gasteiger partial charge in [-0.3, -0.25) is 9.36 Å². The monoisotopic (exact) mass is 293 g/mol. The Kier molecular flexibility index (Phi) is 4.55. The van der Waals surface area contributed by atoms with Gasteiger partial charge in [0.25, 0.3) is 5.91 Å². The maximum absolute atomic E-state index is 11.9. The first-order valence-corrected chi connectivity index (χ1v) is 8.07. The molecule has 6 heteroatoms. The quantitative estimate of drug-likeness (QED) is 0.582. The van der Waals surface area contributed by atoms with E-state index in [0.29, 0.717) is 5.56 Å². The van der Waals surface area contributed by atoms with Gasteiger partial charge in [-0.25, -0.2) is 0 Å². The van der Waals surface area contributed by atoms with Crippen LogP contribution in [0.4, 0.5) is 0 Å². The lowest BCUT2D eigenvalue weighted by molar-refractivity contribution is 0.0953. The van der Waals surface area contributed by atoms with E-state index in [2.05, 4.69) is 5.32 Å². The van der Waals surface area contributed by atoms with Crippen molar-refractivity contribution in [2.45, 2.75) is 6.42 Å². The highest BCUT2D eigenvalue weighted by Crippen LogP contribution is 2.34. The van der Waals surface area contributed by atoms with Crippen LogP contribution in [-0.4, -0.2) is 28.4 Å². The van der Waals surface area contributed by atoms with Crippen LogP contribution in [0, 0.1) is 0 Å². The molecule has 0 fully saturated rings. The van der Waals surface area contributed by atoms with Gasteiger partial charge in [0.05, 0.1) is 6.16 Å². The first-order valence-electron chi connectivity index (χ1n) is 6.27. The van der Waals surface area contributed by atoms with Crippen LogP contribution in [0.15, 0.2) is 42.5 Å². The molecule has 0 aliphatic carbocycles. The fraction of sp³-hybridized carbons (Fsp3) is 0.214. The molecule has 0 bridgehead atoms. The standard InChI is InChI=1S/C14H16NO4P/c16-14(15-8-3-9-20(17,18)19)13-7-6-11-4-1-2-5-12(11)10-13/h1-2,4-7,10H,3,8-9H2,(H,15,16)(H2,17,18,19). The molecule has 2 aromatic carbocycles. The maximum Gasteiger partial charge on any atom is 0.325 e. The molecule has 0 radical (unpaired) electrons. The van der Waals surface area contributed by atoms with Crippen molar-refractivity contribution >= 4 is 24.3 Å². The van der Waals surface area contributed by atoms with Crippen LogP contribution in [-0.2, 0) is 4.57 Å². The van der Waals surface area contributed by atoms with Crippen molar-refractivity contribution in [1.82, 2.24) is 5.32 Å². The number of hydrogen-bond donors (Lipinski definition) is 3. The van der Waals surface area contributed by atoms with Gasteiger partial charge in [0, 0.05) is 12.1 Å². The highest BCUT2D eigenvalue weighted by Gasteiger charge is 2.12. The van der Waals surface area contributed by atoms with Crippen LogP contribution in [0.2, 0.25) is 0 Å². The molecule has 0 aromatic heterocycles. The Morgan fingerprint density at radius 2 is 1.80 bits per heavy atom. The molecule has 1 amide bonds. The van der Waals surface area contributed by atoms with Gasteiger partial charge >= 0.3 is 7.60 Å². The van der Waals surface area contributed by atoms with Gasteiger partial charge in [-0.1, -0.05) is 30.3 Å². The lowest BCUT2D eigenvalue weighted by Gasteiger charge is -2.07. The van der Waals surface area contributed by atoms with Crippen LogP contribution in [0.25, 0.3) is 10.8 Å². The summed E-state index contributed by atoms with van der Waals surface area (Å²) in [4.78, 5) is 29.3. The minimum absolute atomic E-state index is 0.217. The van der Waals surface area contributed by atoms with Gasteiger partial charge in [0.15, 0.2) is 0 Å². The molecule has 106 valence electrons. The molecule has 0 heterocycles. The number of carbonyl (C=O) groups is 1. The Labute approximate surface area is 116 Å². The number of fused-ring (bicyclic) bond motifs is 1. The predicted molar refractivity (Wildman–Crippen MR) is 77.8 cm³/mol. The average molecular weight is 293 g/mol. The topological polar surface area (TPSA) is 86.6 Å². The van der Waals surface area contributed by atoms with E-state index >= 15 is 0 Å². The second-order valence-electron chi connectivity index (χ2n) is 4.56. The number of rotatable bonds is 5. The number of amides is 1. The van der Waals surface area contributed by atoms with E-state index in [4.69, 9.17) is 9.79 Å². The van der Waals surface area contributed by atoms with Crippen molar-refractivity contribution in [1.29, 1.82) is 0 Å². The van der Waals surface area contributed by atoms with E-state index in [-0.39, 0.29) is 25.0 Å². The van der Waals surface area contributed by atoms with Gasteiger partial charge in [0.2, 0.25) is 0 Å². The summed E-state index contributed by atoms with van der Waals surface area (Å²) in [5.41, 5.74) is 0.542. The lowest BCUT2D eigenvalue weighted by Crippen LogP contribution is -2.24. The molecule has 2 aromatic rings. The summed E-state index contributed by atoms with van der Waals surface area (Å²) in [5, 5.41) is 4.70. The molecule has 5 nitrogen and oxygen atoms in total. The molecule has 0 atom stereocenters. The smallest absolute Gasteiger partial charge is 0.325 e. The molecule has 0 spiro atoms. The molecule has 0 aliphatic rings. The zero-order valence-electron chi connectivity index (χ0n) is 10.8. The third-order valence-corrected chi connectivity index (χ3v) is 3.82. The van der Waals surface area contributed by atoms with Crippen LogP contribution in [0.3, 0.4) is 0 Å². The zero-order valence-corrected chi connectivity index (χ0v) is 11.7. The van der Waals surface area contributed by atoms with Crippen LogP contribution < -0.4 is 5.32 Å². The molecule has 0 unspecified atom stereocenters. The molecular formula is C14H16NO4P. The second kappa shape index (κ2) is 6.18. The summed E-state index contributed by atoms with van der Waals surface area (Å²) in [6, 6.07) is 13.2. The number of nitrogens with one attached hydrogen (secondary N) is 1. The molecule has 0 saturated heterocycles. The van der Waals surface area contributed by atoms with Crippen molar-refractivity contribution in [2.24, 2.45) is 0 Å². The summed E-state index contributed by atoms with van der Waals surface area (Å²) in [5.74, 6) is -0.235. The van der Waals surface area contributed by atoms with Gasteiger partial charge in [-0.15, -0.1) is 0 Å². The highest BCUT2D eigenvalue weighted by molar-refractivity contribution is 7.51. The number of hydrogen-bond acceptors (Lipinski definition) is 2. The van der Waals surface area contributed by atoms with Crippen molar-refractivity contribution in [2.75, 3.05) is 12.7 Å². The molecule has 0 saturated carbocycles. The van der Waals surface area contributed by atoms with Crippen molar-refractivity contribution in [3.63, 3.8) is 0 Å². The lowest BCUT2D eigenvalue weighted by atomic mass is 10.1. The fourth-order valence-electron chi connectivity index (χ4n) is 1.92. The van der Waals surface area contributed by atoms with E-state index in [1.165, 1.54) is 0 Å². The molecule has 20 heavy (non-hydrogen) atoms. The second-order valence-corrected chi connectivity index (χ2v) is 6.34.